The van der Waals surface area contributed by atoms with Gasteiger partial charge in [-0.1, -0.05) is 48.5 Å². The number of aromatic nitrogens is 1. The predicted octanol–water partition coefficient (Wildman–Crippen LogP) is 2.64. The van der Waals surface area contributed by atoms with E-state index in [-0.39, 0.29) is 30.3 Å². The highest BCUT2D eigenvalue weighted by molar-refractivity contribution is 6.02. The monoisotopic (exact) mass is 486 g/mol. The molecule has 184 valence electrons. The summed E-state index contributed by atoms with van der Waals surface area (Å²) < 4.78 is 0. The van der Waals surface area contributed by atoms with Crippen molar-refractivity contribution in [3.8, 4) is 0 Å². The Bertz CT molecular complexity index is 1230. The van der Waals surface area contributed by atoms with Gasteiger partial charge in [0, 0.05) is 31.3 Å². The fraction of sp³-hybridized carbons (Fsp3) is 0.222. The van der Waals surface area contributed by atoms with Crippen LogP contribution in [-0.2, 0) is 27.3 Å². The molecule has 0 unspecified atom stereocenters. The quantitative estimate of drug-likeness (QED) is 0.427. The number of rotatable bonds is 9. The Balaban J connectivity index is 1.37. The normalized spacial score (nSPS) is 15.8. The van der Waals surface area contributed by atoms with E-state index in [4.69, 9.17) is 0 Å². The van der Waals surface area contributed by atoms with Gasteiger partial charge in [-0.2, -0.15) is 0 Å². The van der Waals surface area contributed by atoms with Gasteiger partial charge in [0.1, 0.15) is 17.8 Å². The standard InChI is InChI=1S/C27H26N4O5/c32-24-14-13-23(31(24)17-19-6-2-1-3-7-19)26(34)30-22(27(35)36)16-18-9-11-20(12-10-18)29-25(33)21-8-4-5-15-28-21/h1-12,15,22-23H,13-14,16-17H2,(H,29,33)(H,30,34)(H,35,36)/t22-,23-/m0/s1. The van der Waals surface area contributed by atoms with Crippen LogP contribution in [-0.4, -0.2) is 50.8 Å². The number of nitrogens with one attached hydrogen (secondary N) is 2. The van der Waals surface area contributed by atoms with Crippen molar-refractivity contribution in [2.24, 2.45) is 0 Å². The van der Waals surface area contributed by atoms with Crippen LogP contribution < -0.4 is 10.6 Å². The Labute approximate surface area is 208 Å². The Morgan fingerprint density at radius 1 is 0.972 bits per heavy atom. The number of carboxylic acid groups (broad SMARTS) is 1. The van der Waals surface area contributed by atoms with Crippen LogP contribution >= 0.6 is 0 Å². The molecule has 2 heterocycles. The van der Waals surface area contributed by atoms with E-state index in [1.54, 1.807) is 42.5 Å². The minimum Gasteiger partial charge on any atom is -0.480 e. The van der Waals surface area contributed by atoms with Gasteiger partial charge in [-0.05, 0) is 41.8 Å². The number of nitrogens with zero attached hydrogens (tertiary/aromatic N) is 2. The molecule has 9 nitrogen and oxygen atoms in total. The topological polar surface area (TPSA) is 129 Å². The lowest BCUT2D eigenvalue weighted by molar-refractivity contribution is -0.143. The van der Waals surface area contributed by atoms with E-state index in [1.807, 2.05) is 30.3 Å². The molecular formula is C27H26N4O5. The number of benzene rings is 2. The number of anilines is 1. The molecule has 0 radical (unpaired) electrons. The first-order chi connectivity index (χ1) is 17.4. The minimum atomic E-state index is -1.17. The van der Waals surface area contributed by atoms with E-state index in [2.05, 4.69) is 15.6 Å². The zero-order valence-electron chi connectivity index (χ0n) is 19.5. The molecule has 3 amide bonds. The van der Waals surface area contributed by atoms with Crippen LogP contribution in [0.15, 0.2) is 79.0 Å². The molecule has 4 rings (SSSR count). The van der Waals surface area contributed by atoms with Crippen LogP contribution in [0.4, 0.5) is 5.69 Å². The van der Waals surface area contributed by atoms with E-state index in [0.717, 1.165) is 5.56 Å². The molecule has 1 aliphatic rings. The summed E-state index contributed by atoms with van der Waals surface area (Å²) in [5.74, 6) is -2.14. The number of carboxylic acids is 1. The second-order valence-corrected chi connectivity index (χ2v) is 8.53. The second-order valence-electron chi connectivity index (χ2n) is 8.53. The highest BCUT2D eigenvalue weighted by Crippen LogP contribution is 2.22. The molecule has 36 heavy (non-hydrogen) atoms. The van der Waals surface area contributed by atoms with Gasteiger partial charge < -0.3 is 20.6 Å². The van der Waals surface area contributed by atoms with Gasteiger partial charge in [0.2, 0.25) is 11.8 Å². The summed E-state index contributed by atoms with van der Waals surface area (Å²) >= 11 is 0. The summed E-state index contributed by atoms with van der Waals surface area (Å²) in [6.07, 6.45) is 2.17. The zero-order chi connectivity index (χ0) is 25.5. The third-order valence-corrected chi connectivity index (χ3v) is 5.99. The number of carbonyl (C=O) groups is 4. The number of amides is 3. The first-order valence-corrected chi connectivity index (χ1v) is 11.6. The van der Waals surface area contributed by atoms with Gasteiger partial charge in [-0.15, -0.1) is 0 Å². The molecular weight excluding hydrogens is 460 g/mol. The van der Waals surface area contributed by atoms with Gasteiger partial charge in [0.15, 0.2) is 0 Å². The van der Waals surface area contributed by atoms with Crippen molar-refractivity contribution >= 4 is 29.4 Å². The van der Waals surface area contributed by atoms with Crippen molar-refractivity contribution < 1.29 is 24.3 Å². The van der Waals surface area contributed by atoms with Crippen LogP contribution in [0.3, 0.4) is 0 Å². The Morgan fingerprint density at radius 2 is 1.69 bits per heavy atom. The van der Waals surface area contributed by atoms with Crippen LogP contribution in [0.25, 0.3) is 0 Å². The first-order valence-electron chi connectivity index (χ1n) is 11.6. The molecule has 9 heteroatoms. The number of pyridine rings is 1. The minimum absolute atomic E-state index is 0.0505. The van der Waals surface area contributed by atoms with Gasteiger partial charge in [-0.25, -0.2) is 4.79 Å². The maximum atomic E-state index is 13.0. The first kappa shape index (κ1) is 24.6. The van der Waals surface area contributed by atoms with E-state index < -0.39 is 24.0 Å². The Morgan fingerprint density at radius 3 is 2.36 bits per heavy atom. The smallest absolute Gasteiger partial charge is 0.326 e. The fourth-order valence-electron chi connectivity index (χ4n) is 4.10. The van der Waals surface area contributed by atoms with Crippen molar-refractivity contribution in [3.05, 3.63) is 95.8 Å². The molecule has 1 aromatic heterocycles. The second kappa shape index (κ2) is 11.3. The van der Waals surface area contributed by atoms with E-state index in [9.17, 15) is 24.3 Å². The molecule has 0 saturated carbocycles. The number of likely N-dealkylation sites (tertiary alicyclic amines) is 1. The lowest BCUT2D eigenvalue weighted by Crippen LogP contribution is -2.50. The Kier molecular flexibility index (Phi) is 7.69. The maximum absolute atomic E-state index is 13.0. The summed E-state index contributed by atoms with van der Waals surface area (Å²) in [4.78, 5) is 55.0. The third kappa shape index (κ3) is 6.12. The van der Waals surface area contributed by atoms with Gasteiger partial charge in [-0.3, -0.25) is 19.4 Å². The van der Waals surface area contributed by atoms with Crippen LogP contribution in [0.2, 0.25) is 0 Å². The largest absolute Gasteiger partial charge is 0.480 e. The summed E-state index contributed by atoms with van der Waals surface area (Å²) in [5.41, 5.74) is 2.38. The lowest BCUT2D eigenvalue weighted by Gasteiger charge is -2.26. The number of hydrogen-bond acceptors (Lipinski definition) is 5. The van der Waals surface area contributed by atoms with Crippen LogP contribution in [0.1, 0.15) is 34.5 Å². The highest BCUT2D eigenvalue weighted by Gasteiger charge is 2.37. The zero-order valence-corrected chi connectivity index (χ0v) is 19.5. The van der Waals surface area contributed by atoms with Crippen molar-refractivity contribution in [3.63, 3.8) is 0 Å². The van der Waals surface area contributed by atoms with Gasteiger partial charge >= 0.3 is 5.97 Å². The van der Waals surface area contributed by atoms with Crippen molar-refractivity contribution in [1.29, 1.82) is 0 Å². The molecule has 2 atom stereocenters. The average molecular weight is 487 g/mol. The maximum Gasteiger partial charge on any atom is 0.326 e. The molecule has 0 aliphatic carbocycles. The highest BCUT2D eigenvalue weighted by atomic mass is 16.4. The number of hydrogen-bond donors (Lipinski definition) is 3. The number of carbonyl (C=O) groups excluding carboxylic acids is 3. The molecule has 3 aromatic rings. The van der Waals surface area contributed by atoms with E-state index in [1.165, 1.54) is 11.1 Å². The van der Waals surface area contributed by atoms with E-state index in [0.29, 0.717) is 24.2 Å². The molecule has 1 saturated heterocycles. The van der Waals surface area contributed by atoms with Gasteiger partial charge in [0.25, 0.3) is 5.91 Å². The summed E-state index contributed by atoms with van der Waals surface area (Å²) in [7, 11) is 0. The molecule has 3 N–H and O–H groups in total. The van der Waals surface area contributed by atoms with Gasteiger partial charge in [0.05, 0.1) is 0 Å². The molecule has 1 aliphatic heterocycles. The molecule has 0 bridgehead atoms. The van der Waals surface area contributed by atoms with Crippen molar-refractivity contribution in [1.82, 2.24) is 15.2 Å². The van der Waals surface area contributed by atoms with Crippen LogP contribution in [0, 0.1) is 0 Å². The van der Waals surface area contributed by atoms with Crippen LogP contribution in [0.5, 0.6) is 0 Å². The summed E-state index contributed by atoms with van der Waals surface area (Å²) in [6, 6.07) is 19.2. The van der Waals surface area contributed by atoms with Crippen molar-refractivity contribution in [2.75, 3.05) is 5.32 Å². The SMILES string of the molecule is O=C(Nc1ccc(C[C@H](NC(=O)[C@@H]2CCC(=O)N2Cc2ccccc2)C(=O)O)cc1)c1ccccn1. The fourth-order valence-corrected chi connectivity index (χ4v) is 4.10. The lowest BCUT2D eigenvalue weighted by atomic mass is 10.0. The predicted molar refractivity (Wildman–Crippen MR) is 132 cm³/mol. The Hall–Kier alpha value is -4.53. The molecule has 0 spiro atoms. The average Bonchev–Trinajstić information content (AvgIpc) is 3.25. The molecule has 1 fully saturated rings. The summed E-state index contributed by atoms with van der Waals surface area (Å²) in [5, 5.41) is 15.1. The van der Waals surface area contributed by atoms with E-state index >= 15 is 0 Å². The number of aliphatic carboxylic acids is 1. The van der Waals surface area contributed by atoms with Crippen molar-refractivity contribution in [2.45, 2.75) is 37.9 Å². The summed E-state index contributed by atoms with van der Waals surface area (Å²) in [6.45, 7) is 0.293. The molecule has 2 aromatic carbocycles. The third-order valence-electron chi connectivity index (χ3n) is 5.99.